The highest BCUT2D eigenvalue weighted by atomic mass is 16.3. The Labute approximate surface area is 200 Å². The lowest BCUT2D eigenvalue weighted by atomic mass is 9.78. The molecule has 7 nitrogen and oxygen atoms in total. The van der Waals surface area contributed by atoms with Gasteiger partial charge in [0.1, 0.15) is 11.3 Å². The molecule has 3 saturated heterocycles. The quantitative estimate of drug-likeness (QED) is 0.720. The molecule has 3 atom stereocenters. The van der Waals surface area contributed by atoms with Gasteiger partial charge in [0.25, 0.3) is 5.91 Å². The molecule has 4 aliphatic rings. The van der Waals surface area contributed by atoms with Crippen molar-refractivity contribution in [2.24, 2.45) is 5.92 Å². The Morgan fingerprint density at radius 1 is 1.00 bits per heavy atom. The van der Waals surface area contributed by atoms with Crippen LogP contribution in [0.25, 0.3) is 0 Å². The Balaban J connectivity index is 1.37. The summed E-state index contributed by atoms with van der Waals surface area (Å²) in [4.78, 5) is 34.5. The van der Waals surface area contributed by atoms with Crippen LogP contribution >= 0.6 is 0 Å². The maximum absolute atomic E-state index is 14.3. The van der Waals surface area contributed by atoms with E-state index in [1.807, 2.05) is 35.2 Å². The molecule has 1 spiro atoms. The zero-order valence-corrected chi connectivity index (χ0v) is 19.4. The van der Waals surface area contributed by atoms with Crippen molar-refractivity contribution in [3.63, 3.8) is 0 Å². The highest BCUT2D eigenvalue weighted by Crippen LogP contribution is 2.57. The number of nitrogens with one attached hydrogen (secondary N) is 1. The number of fused-ring (bicyclic) bond motifs is 4. The number of nitrogens with zero attached hydrogens (tertiary/aromatic N) is 3. The van der Waals surface area contributed by atoms with Gasteiger partial charge in [-0.2, -0.15) is 0 Å². The minimum absolute atomic E-state index is 0.0134. The number of rotatable bonds is 2. The molecule has 2 aromatic rings. The van der Waals surface area contributed by atoms with Gasteiger partial charge in [-0.25, -0.2) is 0 Å². The number of benzene rings is 2. The first-order chi connectivity index (χ1) is 16.6. The Kier molecular flexibility index (Phi) is 5.34. The average Bonchev–Trinajstić information content (AvgIpc) is 3.48. The fourth-order valence-electron chi connectivity index (χ4n) is 6.84. The topological polar surface area (TPSA) is 76.1 Å². The zero-order valence-electron chi connectivity index (χ0n) is 19.4. The van der Waals surface area contributed by atoms with E-state index in [0.29, 0.717) is 25.7 Å². The summed E-state index contributed by atoms with van der Waals surface area (Å²) in [5.74, 6) is -0.00735. The number of para-hydroxylation sites is 1. The van der Waals surface area contributed by atoms with Crippen molar-refractivity contribution >= 4 is 17.5 Å². The van der Waals surface area contributed by atoms with Gasteiger partial charge in [0.05, 0.1) is 5.92 Å². The van der Waals surface area contributed by atoms with Crippen LogP contribution < -0.4 is 10.2 Å². The van der Waals surface area contributed by atoms with Crippen LogP contribution in [-0.4, -0.2) is 65.5 Å². The Bertz CT molecular complexity index is 1120. The summed E-state index contributed by atoms with van der Waals surface area (Å²) in [6, 6.07) is 15.7. The van der Waals surface area contributed by atoms with Crippen LogP contribution in [0.4, 0.5) is 5.69 Å². The fraction of sp³-hybridized carbons (Fsp3) is 0.481. The predicted octanol–water partition coefficient (Wildman–Crippen LogP) is 2.44. The molecule has 34 heavy (non-hydrogen) atoms. The highest BCUT2D eigenvalue weighted by molar-refractivity contribution is 6.10. The van der Waals surface area contributed by atoms with Gasteiger partial charge >= 0.3 is 0 Å². The number of amides is 2. The van der Waals surface area contributed by atoms with E-state index < -0.39 is 5.54 Å². The highest BCUT2D eigenvalue weighted by Gasteiger charge is 2.67. The number of carbonyl (C=O) groups excluding carboxylic acids is 2. The molecular weight excluding hydrogens is 428 g/mol. The van der Waals surface area contributed by atoms with Gasteiger partial charge in [-0.15, -0.1) is 0 Å². The van der Waals surface area contributed by atoms with Gasteiger partial charge in [0.2, 0.25) is 5.91 Å². The third-order valence-electron chi connectivity index (χ3n) is 8.24. The monoisotopic (exact) mass is 460 g/mol. The molecule has 0 aliphatic carbocycles. The third-order valence-corrected chi connectivity index (χ3v) is 8.24. The van der Waals surface area contributed by atoms with E-state index in [-0.39, 0.29) is 23.5 Å². The van der Waals surface area contributed by atoms with Crippen molar-refractivity contribution in [3.05, 3.63) is 59.7 Å². The number of hydrogen-bond donors (Lipinski definition) is 2. The first kappa shape index (κ1) is 21.6. The third kappa shape index (κ3) is 3.25. The summed E-state index contributed by atoms with van der Waals surface area (Å²) < 4.78 is 0. The van der Waals surface area contributed by atoms with Crippen LogP contribution in [0.3, 0.4) is 0 Å². The van der Waals surface area contributed by atoms with Gasteiger partial charge < -0.3 is 15.3 Å². The Hall–Kier alpha value is -2.90. The van der Waals surface area contributed by atoms with Crippen molar-refractivity contribution < 1.29 is 14.7 Å². The Morgan fingerprint density at radius 2 is 1.88 bits per heavy atom. The van der Waals surface area contributed by atoms with Crippen molar-refractivity contribution in [2.75, 3.05) is 37.6 Å². The van der Waals surface area contributed by atoms with Crippen LogP contribution in [0.1, 0.15) is 36.8 Å². The molecule has 0 aromatic heterocycles. The van der Waals surface area contributed by atoms with Gasteiger partial charge in [-0.05, 0) is 56.0 Å². The SMILES string of the molecule is O=C1NCCCN(Cc2cccc(O)c2)CCN2C(=O)[C@@]3(c4ccccc42)[C@@H]1C[C@@H]1CCCN13. The van der Waals surface area contributed by atoms with E-state index >= 15 is 0 Å². The van der Waals surface area contributed by atoms with Crippen LogP contribution in [0.15, 0.2) is 48.5 Å². The largest absolute Gasteiger partial charge is 0.508 e. The molecule has 0 saturated carbocycles. The molecule has 0 radical (unpaired) electrons. The molecule has 2 N–H and O–H groups in total. The summed E-state index contributed by atoms with van der Waals surface area (Å²) in [5.41, 5.74) is 2.12. The zero-order chi connectivity index (χ0) is 23.3. The van der Waals surface area contributed by atoms with Gasteiger partial charge in [0, 0.05) is 50.0 Å². The summed E-state index contributed by atoms with van der Waals surface area (Å²) in [6.07, 6.45) is 3.73. The van der Waals surface area contributed by atoms with Gasteiger partial charge in [0.15, 0.2) is 0 Å². The summed E-state index contributed by atoms with van der Waals surface area (Å²) >= 11 is 0. The minimum Gasteiger partial charge on any atom is -0.508 e. The van der Waals surface area contributed by atoms with E-state index in [4.69, 9.17) is 0 Å². The number of aromatic hydroxyl groups is 1. The molecular formula is C27H32N4O3. The average molecular weight is 461 g/mol. The molecule has 7 heteroatoms. The second kappa shape index (κ2) is 8.40. The molecule has 3 fully saturated rings. The second-order valence-corrected chi connectivity index (χ2v) is 10.1. The summed E-state index contributed by atoms with van der Waals surface area (Å²) in [6.45, 7) is 4.29. The maximum atomic E-state index is 14.3. The maximum Gasteiger partial charge on any atom is 0.253 e. The van der Waals surface area contributed by atoms with E-state index in [0.717, 1.165) is 62.1 Å². The van der Waals surface area contributed by atoms with Crippen LogP contribution in [-0.2, 0) is 21.7 Å². The van der Waals surface area contributed by atoms with E-state index in [1.54, 1.807) is 12.1 Å². The number of anilines is 1. The summed E-state index contributed by atoms with van der Waals surface area (Å²) in [7, 11) is 0. The Morgan fingerprint density at radius 3 is 2.76 bits per heavy atom. The van der Waals surface area contributed by atoms with E-state index in [2.05, 4.69) is 21.2 Å². The number of phenols is 1. The second-order valence-electron chi connectivity index (χ2n) is 10.1. The lowest BCUT2D eigenvalue weighted by Crippen LogP contribution is -2.57. The van der Waals surface area contributed by atoms with Crippen molar-refractivity contribution in [1.29, 1.82) is 0 Å². The first-order valence-corrected chi connectivity index (χ1v) is 12.5. The minimum atomic E-state index is -0.878. The molecule has 6 rings (SSSR count). The van der Waals surface area contributed by atoms with Crippen molar-refractivity contribution in [2.45, 2.75) is 43.8 Å². The molecule has 0 unspecified atom stereocenters. The lowest BCUT2D eigenvalue weighted by molar-refractivity contribution is -0.139. The first-order valence-electron chi connectivity index (χ1n) is 12.5. The van der Waals surface area contributed by atoms with Crippen molar-refractivity contribution in [3.8, 4) is 5.75 Å². The van der Waals surface area contributed by atoms with E-state index in [9.17, 15) is 14.7 Å². The van der Waals surface area contributed by atoms with Crippen LogP contribution in [0.5, 0.6) is 5.75 Å². The van der Waals surface area contributed by atoms with Crippen molar-refractivity contribution in [1.82, 2.24) is 15.1 Å². The summed E-state index contributed by atoms with van der Waals surface area (Å²) in [5, 5.41) is 13.1. The normalized spacial score (nSPS) is 29.7. The number of phenolic OH excluding ortho intramolecular Hbond substituents is 1. The lowest BCUT2D eigenvalue weighted by Gasteiger charge is -2.38. The standard InChI is InChI=1S/C27H32N4O3/c32-21-8-3-6-19(16-21)18-29-12-5-11-28-25(33)23-17-20-7-4-13-31(20)27(23)22-9-1-2-10-24(22)30(15-14-29)26(27)34/h1-3,6,8-10,16,20,23,32H,4-5,7,11-15,17-18H2,(H,28,33)/t20-,23+,27+/m0/s1. The molecule has 178 valence electrons. The van der Waals surface area contributed by atoms with E-state index in [1.165, 1.54) is 0 Å². The number of hydrogen-bond acceptors (Lipinski definition) is 5. The fourth-order valence-corrected chi connectivity index (χ4v) is 6.84. The van der Waals surface area contributed by atoms with Gasteiger partial charge in [-0.3, -0.25) is 19.4 Å². The molecule has 2 amide bonds. The molecule has 4 heterocycles. The molecule has 2 bridgehead atoms. The number of carbonyl (C=O) groups is 2. The van der Waals surface area contributed by atoms with Crippen LogP contribution in [0, 0.1) is 5.92 Å². The smallest absolute Gasteiger partial charge is 0.253 e. The predicted molar refractivity (Wildman–Crippen MR) is 129 cm³/mol. The molecule has 2 aromatic carbocycles. The molecule has 4 aliphatic heterocycles. The van der Waals surface area contributed by atoms with Gasteiger partial charge in [-0.1, -0.05) is 30.3 Å². The van der Waals surface area contributed by atoms with Crippen LogP contribution in [0.2, 0.25) is 0 Å².